The highest BCUT2D eigenvalue weighted by atomic mass is 35.5. The van der Waals surface area contributed by atoms with Crippen molar-refractivity contribution >= 4 is 45.2 Å². The SMILES string of the molecule is O=C1c2ccccc2C(=O)N1CCCCn1cc(-c2ccc3cc(Cl)ccc3n2)c2ccc(F)cc21. The Morgan fingerprint density at radius 1 is 0.806 bits per heavy atom. The largest absolute Gasteiger partial charge is 0.347 e. The maximum atomic E-state index is 14.2. The number of unbranched alkanes of at least 4 members (excludes halogenated alkanes) is 1. The lowest BCUT2D eigenvalue weighted by Gasteiger charge is -2.14. The zero-order valence-electron chi connectivity index (χ0n) is 19.2. The van der Waals surface area contributed by atoms with Crippen molar-refractivity contribution in [1.82, 2.24) is 14.5 Å². The predicted octanol–water partition coefficient (Wildman–Crippen LogP) is 6.73. The molecule has 0 bridgehead atoms. The van der Waals surface area contributed by atoms with E-state index in [4.69, 9.17) is 16.6 Å². The first-order chi connectivity index (χ1) is 17.5. The number of aryl methyl sites for hydroxylation is 1. The normalized spacial score (nSPS) is 13.2. The molecule has 0 atom stereocenters. The lowest BCUT2D eigenvalue weighted by atomic mass is 10.1. The van der Waals surface area contributed by atoms with Crippen LogP contribution in [-0.4, -0.2) is 32.8 Å². The van der Waals surface area contributed by atoms with Gasteiger partial charge in [-0.3, -0.25) is 14.5 Å². The van der Waals surface area contributed by atoms with E-state index in [0.29, 0.717) is 35.7 Å². The Labute approximate surface area is 211 Å². The van der Waals surface area contributed by atoms with Crippen LogP contribution in [0.25, 0.3) is 33.1 Å². The number of aromatic nitrogens is 2. The summed E-state index contributed by atoms with van der Waals surface area (Å²) in [6, 6.07) is 21.2. The molecule has 0 fully saturated rings. The molecule has 1 aliphatic heterocycles. The second kappa shape index (κ2) is 8.88. The first kappa shape index (κ1) is 22.4. The Bertz CT molecular complexity index is 1640. The second-order valence-corrected chi connectivity index (χ2v) is 9.38. The molecule has 0 saturated heterocycles. The number of halogens is 2. The fourth-order valence-corrected chi connectivity index (χ4v) is 5.08. The smallest absolute Gasteiger partial charge is 0.261 e. The highest BCUT2D eigenvalue weighted by molar-refractivity contribution is 6.31. The minimum absolute atomic E-state index is 0.241. The number of fused-ring (bicyclic) bond motifs is 3. The Balaban J connectivity index is 1.23. The van der Waals surface area contributed by atoms with E-state index in [2.05, 4.69) is 0 Å². The summed E-state index contributed by atoms with van der Waals surface area (Å²) in [5.41, 5.74) is 4.26. The molecule has 178 valence electrons. The Hall–Kier alpha value is -4.03. The minimum Gasteiger partial charge on any atom is -0.347 e. The van der Waals surface area contributed by atoms with Gasteiger partial charge >= 0.3 is 0 Å². The number of hydrogen-bond acceptors (Lipinski definition) is 3. The summed E-state index contributed by atoms with van der Waals surface area (Å²) >= 11 is 6.11. The van der Waals surface area contributed by atoms with Crippen LogP contribution in [0.4, 0.5) is 4.39 Å². The molecule has 0 N–H and O–H groups in total. The highest BCUT2D eigenvalue weighted by Crippen LogP contribution is 2.32. The van der Waals surface area contributed by atoms with Crippen molar-refractivity contribution in [3.63, 3.8) is 0 Å². The predicted molar refractivity (Wildman–Crippen MR) is 139 cm³/mol. The van der Waals surface area contributed by atoms with Gasteiger partial charge in [0.15, 0.2) is 0 Å². The maximum absolute atomic E-state index is 14.2. The van der Waals surface area contributed by atoms with E-state index in [1.54, 1.807) is 30.3 Å². The molecule has 36 heavy (non-hydrogen) atoms. The minimum atomic E-state index is -0.305. The molecule has 5 aromatic rings. The standard InChI is InChI=1S/C29H21ClFN3O2/c30-19-8-12-25-18(15-19)7-11-26(32-25)24-17-33(27-16-20(31)9-10-21(24)27)13-3-4-14-34-28(35)22-5-1-2-6-23(22)29(34)36/h1-2,5-12,15-17H,3-4,13-14H2. The van der Waals surface area contributed by atoms with Crippen molar-refractivity contribution in [1.29, 1.82) is 0 Å². The van der Waals surface area contributed by atoms with Crippen molar-refractivity contribution in [2.24, 2.45) is 0 Å². The number of carbonyl (C=O) groups excluding carboxylic acids is 2. The van der Waals surface area contributed by atoms with Crippen LogP contribution in [0.2, 0.25) is 5.02 Å². The second-order valence-electron chi connectivity index (χ2n) is 8.95. The maximum Gasteiger partial charge on any atom is 0.261 e. The van der Waals surface area contributed by atoms with E-state index in [0.717, 1.165) is 39.5 Å². The van der Waals surface area contributed by atoms with E-state index in [1.165, 1.54) is 17.0 Å². The lowest BCUT2D eigenvalue weighted by Crippen LogP contribution is -2.30. The third-order valence-electron chi connectivity index (χ3n) is 6.68. The lowest BCUT2D eigenvalue weighted by molar-refractivity contribution is 0.0651. The molecule has 3 heterocycles. The third kappa shape index (κ3) is 3.84. The monoisotopic (exact) mass is 497 g/mol. The first-order valence-corrected chi connectivity index (χ1v) is 12.2. The van der Waals surface area contributed by atoms with Crippen LogP contribution in [0.3, 0.4) is 0 Å². The average Bonchev–Trinajstić information content (AvgIpc) is 3.36. The summed E-state index contributed by atoms with van der Waals surface area (Å²) in [6.07, 6.45) is 3.36. The van der Waals surface area contributed by atoms with Crippen molar-refractivity contribution in [3.8, 4) is 11.3 Å². The summed E-state index contributed by atoms with van der Waals surface area (Å²) in [7, 11) is 0. The zero-order chi connectivity index (χ0) is 24.8. The summed E-state index contributed by atoms with van der Waals surface area (Å²) in [4.78, 5) is 31.3. The number of imide groups is 1. The average molecular weight is 498 g/mol. The van der Waals surface area contributed by atoms with Gasteiger partial charge in [0.05, 0.1) is 27.9 Å². The molecule has 0 aliphatic carbocycles. The number of carbonyl (C=O) groups is 2. The van der Waals surface area contributed by atoms with Crippen LogP contribution in [0.1, 0.15) is 33.6 Å². The van der Waals surface area contributed by atoms with Crippen LogP contribution in [0.5, 0.6) is 0 Å². The van der Waals surface area contributed by atoms with Crippen molar-refractivity contribution in [2.75, 3.05) is 6.54 Å². The molecule has 6 rings (SSSR count). The zero-order valence-corrected chi connectivity index (χ0v) is 20.0. The summed E-state index contributed by atoms with van der Waals surface area (Å²) < 4.78 is 16.2. The molecule has 3 aromatic carbocycles. The van der Waals surface area contributed by atoms with E-state index >= 15 is 0 Å². The van der Waals surface area contributed by atoms with Gasteiger partial charge in [0.2, 0.25) is 0 Å². The number of benzene rings is 3. The first-order valence-electron chi connectivity index (χ1n) is 11.8. The molecule has 7 heteroatoms. The van der Waals surface area contributed by atoms with Crippen molar-refractivity contribution in [3.05, 3.63) is 101 Å². The number of amides is 2. The molecule has 0 spiro atoms. The van der Waals surface area contributed by atoms with Crippen LogP contribution >= 0.6 is 11.6 Å². The molecule has 0 unspecified atom stereocenters. The molecule has 0 radical (unpaired) electrons. The fourth-order valence-electron chi connectivity index (χ4n) is 4.89. The molecule has 5 nitrogen and oxygen atoms in total. The molecule has 2 aromatic heterocycles. The number of nitrogens with zero attached hydrogens (tertiary/aromatic N) is 3. The van der Waals surface area contributed by atoms with Gasteiger partial charge < -0.3 is 4.57 Å². The quantitative estimate of drug-likeness (QED) is 0.193. The molecule has 2 amide bonds. The summed E-state index contributed by atoms with van der Waals surface area (Å²) in [5.74, 6) is -0.786. The Morgan fingerprint density at radius 2 is 1.56 bits per heavy atom. The van der Waals surface area contributed by atoms with Gasteiger partial charge in [0.1, 0.15) is 5.82 Å². The van der Waals surface area contributed by atoms with Crippen molar-refractivity contribution < 1.29 is 14.0 Å². The number of rotatable bonds is 6. The highest BCUT2D eigenvalue weighted by Gasteiger charge is 2.34. The van der Waals surface area contributed by atoms with Gasteiger partial charge in [0.25, 0.3) is 11.8 Å². The summed E-state index contributed by atoms with van der Waals surface area (Å²) in [5, 5.41) is 2.53. The van der Waals surface area contributed by atoms with Crippen LogP contribution in [-0.2, 0) is 6.54 Å². The van der Waals surface area contributed by atoms with E-state index in [-0.39, 0.29) is 17.6 Å². The van der Waals surface area contributed by atoms with E-state index in [1.807, 2.05) is 41.1 Å². The van der Waals surface area contributed by atoms with E-state index < -0.39 is 0 Å². The Kier molecular flexibility index (Phi) is 5.53. The summed E-state index contributed by atoms with van der Waals surface area (Å²) in [6.45, 7) is 0.966. The third-order valence-corrected chi connectivity index (χ3v) is 6.92. The van der Waals surface area contributed by atoms with Crippen LogP contribution < -0.4 is 0 Å². The molecule has 1 aliphatic rings. The van der Waals surface area contributed by atoms with Gasteiger partial charge in [-0.1, -0.05) is 29.8 Å². The van der Waals surface area contributed by atoms with Gasteiger partial charge in [-0.15, -0.1) is 0 Å². The molecular formula is C29H21ClFN3O2. The van der Waals surface area contributed by atoms with Crippen LogP contribution in [0, 0.1) is 5.82 Å². The van der Waals surface area contributed by atoms with Crippen molar-refractivity contribution in [2.45, 2.75) is 19.4 Å². The topological polar surface area (TPSA) is 55.2 Å². The van der Waals surface area contributed by atoms with Gasteiger partial charge in [-0.25, -0.2) is 9.37 Å². The van der Waals surface area contributed by atoms with Gasteiger partial charge in [-0.05, 0) is 67.4 Å². The molecule has 0 saturated carbocycles. The fraction of sp³-hybridized carbons (Fsp3) is 0.138. The van der Waals surface area contributed by atoms with Gasteiger partial charge in [0, 0.05) is 40.6 Å². The number of hydrogen-bond donors (Lipinski definition) is 0. The van der Waals surface area contributed by atoms with E-state index in [9.17, 15) is 14.0 Å². The molecular weight excluding hydrogens is 477 g/mol. The van der Waals surface area contributed by atoms with Crippen LogP contribution in [0.15, 0.2) is 79.0 Å². The number of pyridine rings is 1. The van der Waals surface area contributed by atoms with Gasteiger partial charge in [-0.2, -0.15) is 0 Å². The Morgan fingerprint density at radius 3 is 2.33 bits per heavy atom.